The molecule has 0 spiro atoms. The molecule has 0 saturated heterocycles. The Labute approximate surface area is 78.5 Å². The smallest absolute Gasteiger partial charge is 0.409 e. The minimum absolute atomic E-state index is 0.178. The first-order valence-electron chi connectivity index (χ1n) is 4.64. The lowest BCUT2D eigenvalue weighted by Gasteiger charge is -2.31. The van der Waals surface area contributed by atoms with Gasteiger partial charge in [0.1, 0.15) is 0 Å². The first-order valence-corrected chi connectivity index (χ1v) is 4.64. The summed E-state index contributed by atoms with van der Waals surface area (Å²) < 4.78 is 4.62. The normalized spacial score (nSPS) is 28.2. The minimum atomic E-state index is -0.290. The van der Waals surface area contributed by atoms with Crippen molar-refractivity contribution in [2.75, 3.05) is 14.2 Å². The largest absolute Gasteiger partial charge is 0.453 e. The van der Waals surface area contributed by atoms with Gasteiger partial charge in [0.15, 0.2) is 0 Å². The quantitative estimate of drug-likeness (QED) is 0.666. The third-order valence-electron chi connectivity index (χ3n) is 2.68. The number of ether oxygens (including phenoxy) is 1. The van der Waals surface area contributed by atoms with Crippen molar-refractivity contribution in [1.29, 1.82) is 0 Å². The number of hydrogen-bond acceptors (Lipinski definition) is 3. The Bertz CT molecular complexity index is 176. The molecule has 4 nitrogen and oxygen atoms in total. The van der Waals surface area contributed by atoms with Gasteiger partial charge < -0.3 is 14.7 Å². The van der Waals surface area contributed by atoms with Crippen LogP contribution in [0.3, 0.4) is 0 Å². The van der Waals surface area contributed by atoms with Gasteiger partial charge >= 0.3 is 6.09 Å². The second-order valence-electron chi connectivity index (χ2n) is 3.54. The van der Waals surface area contributed by atoms with Crippen LogP contribution in [0.15, 0.2) is 0 Å². The fraction of sp³-hybridized carbons (Fsp3) is 0.889. The zero-order valence-corrected chi connectivity index (χ0v) is 8.19. The molecule has 0 heterocycles. The molecule has 0 unspecified atom stereocenters. The van der Waals surface area contributed by atoms with E-state index in [1.807, 2.05) is 0 Å². The van der Waals surface area contributed by atoms with Crippen molar-refractivity contribution < 1.29 is 14.6 Å². The van der Waals surface area contributed by atoms with Gasteiger partial charge in [0.2, 0.25) is 0 Å². The lowest BCUT2D eigenvalue weighted by atomic mass is 9.92. The zero-order chi connectivity index (χ0) is 9.84. The van der Waals surface area contributed by atoms with E-state index in [9.17, 15) is 9.90 Å². The lowest BCUT2D eigenvalue weighted by molar-refractivity contribution is 0.0715. The molecule has 0 aliphatic heterocycles. The van der Waals surface area contributed by atoms with Crippen molar-refractivity contribution in [2.24, 2.45) is 0 Å². The lowest BCUT2D eigenvalue weighted by Crippen LogP contribution is -2.40. The van der Waals surface area contributed by atoms with Gasteiger partial charge in [-0.3, -0.25) is 0 Å². The van der Waals surface area contributed by atoms with Gasteiger partial charge in [0.25, 0.3) is 0 Å². The number of carbonyl (C=O) groups excluding carboxylic acids is 1. The molecule has 4 heteroatoms. The highest BCUT2D eigenvalue weighted by atomic mass is 16.5. The first-order chi connectivity index (χ1) is 6.15. The Morgan fingerprint density at radius 2 is 1.92 bits per heavy atom. The number of aliphatic hydroxyl groups excluding tert-OH is 1. The average Bonchev–Trinajstić information content (AvgIpc) is 2.17. The van der Waals surface area contributed by atoms with Crippen molar-refractivity contribution >= 4 is 6.09 Å². The van der Waals surface area contributed by atoms with E-state index < -0.39 is 0 Å². The van der Waals surface area contributed by atoms with Gasteiger partial charge in [0, 0.05) is 13.1 Å². The van der Waals surface area contributed by atoms with Gasteiger partial charge in [0.05, 0.1) is 13.2 Å². The standard InChI is InChI=1S/C9H17NO3/c1-10(9(12)13-2)7-3-5-8(11)6-4-7/h7-8,11H,3-6H2,1-2H3. The Morgan fingerprint density at radius 1 is 1.38 bits per heavy atom. The van der Waals surface area contributed by atoms with E-state index in [4.69, 9.17) is 0 Å². The Kier molecular flexibility index (Phi) is 3.54. The summed E-state index contributed by atoms with van der Waals surface area (Å²) in [6.07, 6.45) is 2.83. The summed E-state index contributed by atoms with van der Waals surface area (Å²) in [5.41, 5.74) is 0. The van der Waals surface area contributed by atoms with Crippen LogP contribution >= 0.6 is 0 Å². The third kappa shape index (κ3) is 2.59. The number of rotatable bonds is 1. The van der Waals surface area contributed by atoms with E-state index in [1.54, 1.807) is 11.9 Å². The topological polar surface area (TPSA) is 49.8 Å². The maximum Gasteiger partial charge on any atom is 0.409 e. The molecule has 0 aromatic rings. The first kappa shape index (κ1) is 10.3. The molecule has 1 saturated carbocycles. The van der Waals surface area contributed by atoms with Crippen LogP contribution in [-0.4, -0.2) is 42.4 Å². The average molecular weight is 187 g/mol. The van der Waals surface area contributed by atoms with Crippen molar-refractivity contribution in [3.8, 4) is 0 Å². The van der Waals surface area contributed by atoms with Crippen LogP contribution in [0.1, 0.15) is 25.7 Å². The van der Waals surface area contributed by atoms with E-state index >= 15 is 0 Å². The number of methoxy groups -OCH3 is 1. The molecule has 0 aromatic carbocycles. The summed E-state index contributed by atoms with van der Waals surface area (Å²) in [5, 5.41) is 9.27. The highest BCUT2D eigenvalue weighted by Gasteiger charge is 2.25. The van der Waals surface area contributed by atoms with E-state index in [1.165, 1.54) is 7.11 Å². The Hall–Kier alpha value is -0.770. The second-order valence-corrected chi connectivity index (χ2v) is 3.54. The zero-order valence-electron chi connectivity index (χ0n) is 8.19. The van der Waals surface area contributed by atoms with Crippen LogP contribution in [0.2, 0.25) is 0 Å². The molecular formula is C9H17NO3. The molecule has 13 heavy (non-hydrogen) atoms. The van der Waals surface area contributed by atoms with Crippen LogP contribution in [0.5, 0.6) is 0 Å². The number of nitrogens with zero attached hydrogens (tertiary/aromatic N) is 1. The predicted octanol–water partition coefficient (Wildman–Crippen LogP) is 0.988. The molecule has 1 N–H and O–H groups in total. The number of carbonyl (C=O) groups is 1. The fourth-order valence-corrected chi connectivity index (χ4v) is 1.74. The molecule has 1 aliphatic carbocycles. The summed E-state index contributed by atoms with van der Waals surface area (Å²) in [6, 6.07) is 0.232. The molecule has 1 aliphatic rings. The summed E-state index contributed by atoms with van der Waals surface area (Å²) in [4.78, 5) is 12.8. The molecule has 0 bridgehead atoms. The Balaban J connectivity index is 2.39. The van der Waals surface area contributed by atoms with Crippen molar-refractivity contribution in [3.63, 3.8) is 0 Å². The van der Waals surface area contributed by atoms with Gasteiger partial charge in [-0.2, -0.15) is 0 Å². The molecule has 0 atom stereocenters. The van der Waals surface area contributed by atoms with E-state index in [0.717, 1.165) is 25.7 Å². The highest BCUT2D eigenvalue weighted by Crippen LogP contribution is 2.22. The van der Waals surface area contributed by atoms with Crippen molar-refractivity contribution in [2.45, 2.75) is 37.8 Å². The van der Waals surface area contributed by atoms with Crippen LogP contribution < -0.4 is 0 Å². The number of hydrogen-bond donors (Lipinski definition) is 1. The van der Waals surface area contributed by atoms with Crippen molar-refractivity contribution in [1.82, 2.24) is 4.90 Å². The van der Waals surface area contributed by atoms with Crippen LogP contribution in [0.4, 0.5) is 4.79 Å². The summed E-state index contributed by atoms with van der Waals surface area (Å²) >= 11 is 0. The molecular weight excluding hydrogens is 170 g/mol. The second kappa shape index (κ2) is 4.46. The molecule has 0 radical (unpaired) electrons. The molecule has 0 aromatic heterocycles. The summed E-state index contributed by atoms with van der Waals surface area (Å²) in [6.45, 7) is 0. The molecule has 76 valence electrons. The third-order valence-corrected chi connectivity index (χ3v) is 2.68. The monoisotopic (exact) mass is 187 g/mol. The van der Waals surface area contributed by atoms with E-state index in [2.05, 4.69) is 4.74 Å². The summed E-state index contributed by atoms with van der Waals surface area (Å²) in [5.74, 6) is 0. The van der Waals surface area contributed by atoms with Gasteiger partial charge in [-0.05, 0) is 25.7 Å². The predicted molar refractivity (Wildman–Crippen MR) is 48.4 cm³/mol. The van der Waals surface area contributed by atoms with E-state index in [0.29, 0.717) is 0 Å². The van der Waals surface area contributed by atoms with E-state index in [-0.39, 0.29) is 18.2 Å². The molecule has 1 rings (SSSR count). The maximum absolute atomic E-state index is 11.1. The highest BCUT2D eigenvalue weighted by molar-refractivity contribution is 5.67. The fourth-order valence-electron chi connectivity index (χ4n) is 1.74. The van der Waals surface area contributed by atoms with Crippen molar-refractivity contribution in [3.05, 3.63) is 0 Å². The number of aliphatic hydroxyl groups is 1. The Morgan fingerprint density at radius 3 is 2.38 bits per heavy atom. The number of amides is 1. The van der Waals surface area contributed by atoms with Gasteiger partial charge in [-0.15, -0.1) is 0 Å². The maximum atomic E-state index is 11.1. The summed E-state index contributed by atoms with van der Waals surface area (Å²) in [7, 11) is 3.13. The molecule has 1 fully saturated rings. The van der Waals surface area contributed by atoms with Crippen LogP contribution in [0, 0.1) is 0 Å². The van der Waals surface area contributed by atoms with Crippen LogP contribution in [0.25, 0.3) is 0 Å². The SMILES string of the molecule is COC(=O)N(C)C1CCC(O)CC1. The van der Waals surface area contributed by atoms with Gasteiger partial charge in [-0.25, -0.2) is 4.79 Å². The van der Waals surface area contributed by atoms with Crippen LogP contribution in [-0.2, 0) is 4.74 Å². The molecule has 1 amide bonds. The minimum Gasteiger partial charge on any atom is -0.453 e. The van der Waals surface area contributed by atoms with Gasteiger partial charge in [-0.1, -0.05) is 0 Å².